The van der Waals surface area contributed by atoms with Crippen molar-refractivity contribution in [3.05, 3.63) is 42.0 Å². The van der Waals surface area contributed by atoms with Crippen molar-refractivity contribution in [2.75, 3.05) is 7.11 Å². The minimum Gasteiger partial charge on any atom is -0.496 e. The molecule has 1 nitrogen and oxygen atoms in total. The number of rotatable bonds is 3. The minimum atomic E-state index is 0.478. The molecule has 2 fully saturated rings. The van der Waals surface area contributed by atoms with Crippen molar-refractivity contribution < 1.29 is 4.74 Å². The first-order valence-electron chi connectivity index (χ1n) is 7.47. The molecule has 0 radical (unpaired) electrons. The van der Waals surface area contributed by atoms with Crippen LogP contribution >= 0.6 is 15.9 Å². The second-order valence-corrected chi connectivity index (χ2v) is 7.28. The second kappa shape index (κ2) is 4.77. The predicted octanol–water partition coefficient (Wildman–Crippen LogP) is 5.33. The highest BCUT2D eigenvalue weighted by Gasteiger charge is 2.47. The molecule has 2 saturated carbocycles. The summed E-state index contributed by atoms with van der Waals surface area (Å²) in [5, 5.41) is 2.55. The first-order valence-corrected chi connectivity index (χ1v) is 8.39. The van der Waals surface area contributed by atoms with E-state index in [1.54, 1.807) is 7.11 Å². The average molecular weight is 331 g/mol. The van der Waals surface area contributed by atoms with Crippen molar-refractivity contribution in [2.24, 2.45) is 17.8 Å². The topological polar surface area (TPSA) is 9.23 Å². The van der Waals surface area contributed by atoms with Gasteiger partial charge in [-0.05, 0) is 54.0 Å². The van der Waals surface area contributed by atoms with Crippen LogP contribution < -0.4 is 4.74 Å². The Hall–Kier alpha value is -1.02. The van der Waals surface area contributed by atoms with Gasteiger partial charge in [0.15, 0.2) is 0 Å². The molecule has 0 heterocycles. The first-order chi connectivity index (χ1) is 9.78. The molecule has 3 atom stereocenters. The third kappa shape index (κ3) is 1.96. The van der Waals surface area contributed by atoms with Gasteiger partial charge in [-0.1, -0.05) is 46.3 Å². The molecule has 0 aromatic heterocycles. The number of methoxy groups -OCH3 is 1. The summed E-state index contributed by atoms with van der Waals surface area (Å²) in [5.74, 6) is 3.84. The fraction of sp³-hybridized carbons (Fsp3) is 0.444. The third-order valence-electron chi connectivity index (χ3n) is 5.13. The first kappa shape index (κ1) is 12.7. The molecule has 0 bridgehead atoms. The van der Waals surface area contributed by atoms with Crippen LogP contribution in [0.15, 0.2) is 36.4 Å². The molecule has 0 amide bonds. The number of fused-ring (bicyclic) bond motifs is 2. The largest absolute Gasteiger partial charge is 0.496 e. The van der Waals surface area contributed by atoms with E-state index in [1.807, 2.05) is 0 Å². The maximum absolute atomic E-state index is 5.50. The zero-order valence-electron chi connectivity index (χ0n) is 11.7. The van der Waals surface area contributed by atoms with Gasteiger partial charge < -0.3 is 4.74 Å². The molecule has 4 rings (SSSR count). The molecule has 2 heteroatoms. The van der Waals surface area contributed by atoms with E-state index in [2.05, 4.69) is 52.3 Å². The van der Waals surface area contributed by atoms with Gasteiger partial charge in [-0.3, -0.25) is 0 Å². The van der Waals surface area contributed by atoms with E-state index < -0.39 is 0 Å². The molecule has 2 aromatic rings. The molecule has 3 unspecified atom stereocenters. The fourth-order valence-electron chi connectivity index (χ4n) is 3.97. The van der Waals surface area contributed by atoms with Crippen LogP contribution in [0.3, 0.4) is 0 Å². The highest BCUT2D eigenvalue weighted by Crippen LogP contribution is 2.59. The van der Waals surface area contributed by atoms with Crippen molar-refractivity contribution in [3.8, 4) is 5.75 Å². The monoisotopic (exact) mass is 330 g/mol. The van der Waals surface area contributed by atoms with Crippen LogP contribution in [0.2, 0.25) is 0 Å². The Morgan fingerprint density at radius 1 is 1.00 bits per heavy atom. The average Bonchev–Trinajstić information content (AvgIpc) is 3.11. The Morgan fingerprint density at radius 3 is 2.40 bits per heavy atom. The van der Waals surface area contributed by atoms with Gasteiger partial charge in [0.1, 0.15) is 5.75 Å². The molecule has 0 aliphatic heterocycles. The summed E-state index contributed by atoms with van der Waals surface area (Å²) in [6.45, 7) is 0. The summed E-state index contributed by atoms with van der Waals surface area (Å²) in [6, 6.07) is 12.9. The van der Waals surface area contributed by atoms with Crippen LogP contribution in [0.5, 0.6) is 5.75 Å². The molecule has 2 aliphatic rings. The van der Waals surface area contributed by atoms with Crippen molar-refractivity contribution in [1.82, 2.24) is 0 Å². The summed E-state index contributed by atoms with van der Waals surface area (Å²) in [4.78, 5) is 0.478. The molecule has 104 valence electrons. The number of halogens is 1. The Morgan fingerprint density at radius 2 is 1.70 bits per heavy atom. The summed E-state index contributed by atoms with van der Waals surface area (Å²) in [6.07, 6.45) is 4.29. The van der Waals surface area contributed by atoms with Crippen LogP contribution in [0, 0.1) is 17.8 Å². The summed E-state index contributed by atoms with van der Waals surface area (Å²) in [7, 11) is 1.75. The van der Waals surface area contributed by atoms with E-state index >= 15 is 0 Å². The molecule has 0 spiro atoms. The van der Waals surface area contributed by atoms with Gasteiger partial charge in [-0.2, -0.15) is 0 Å². The predicted molar refractivity (Wildman–Crippen MR) is 86.5 cm³/mol. The Kier molecular flexibility index (Phi) is 3.03. The van der Waals surface area contributed by atoms with Gasteiger partial charge >= 0.3 is 0 Å². The number of ether oxygens (including phenoxy) is 1. The molecular formula is C18H19BrO. The summed E-state index contributed by atoms with van der Waals surface area (Å²) < 4.78 is 5.50. The van der Waals surface area contributed by atoms with Crippen LogP contribution in [0.25, 0.3) is 10.8 Å². The van der Waals surface area contributed by atoms with Gasteiger partial charge in [0.2, 0.25) is 0 Å². The SMILES string of the molecule is COc1ccc(C(Br)C2CC3CC3C2)c2ccccc12. The zero-order chi connectivity index (χ0) is 13.7. The fourth-order valence-corrected chi connectivity index (χ4v) is 4.80. The normalized spacial score (nSPS) is 29.2. The van der Waals surface area contributed by atoms with Gasteiger partial charge in [0, 0.05) is 10.2 Å². The minimum absolute atomic E-state index is 0.478. The number of alkyl halides is 1. The third-order valence-corrected chi connectivity index (χ3v) is 6.37. The molecule has 0 N–H and O–H groups in total. The lowest BCUT2D eigenvalue weighted by molar-refractivity contribution is 0.419. The van der Waals surface area contributed by atoms with E-state index in [0.29, 0.717) is 4.83 Å². The van der Waals surface area contributed by atoms with Crippen LogP contribution in [0.4, 0.5) is 0 Å². The van der Waals surface area contributed by atoms with Gasteiger partial charge in [0.25, 0.3) is 0 Å². The van der Waals surface area contributed by atoms with E-state index in [0.717, 1.165) is 23.5 Å². The van der Waals surface area contributed by atoms with Crippen molar-refractivity contribution >= 4 is 26.7 Å². The number of hydrogen-bond acceptors (Lipinski definition) is 1. The van der Waals surface area contributed by atoms with Crippen molar-refractivity contribution in [2.45, 2.75) is 24.1 Å². The second-order valence-electron chi connectivity index (χ2n) is 6.29. The van der Waals surface area contributed by atoms with Crippen molar-refractivity contribution in [1.29, 1.82) is 0 Å². The number of benzene rings is 2. The van der Waals surface area contributed by atoms with Crippen LogP contribution in [-0.4, -0.2) is 7.11 Å². The maximum Gasteiger partial charge on any atom is 0.126 e. The van der Waals surface area contributed by atoms with Crippen LogP contribution in [0.1, 0.15) is 29.7 Å². The van der Waals surface area contributed by atoms with Crippen molar-refractivity contribution in [3.63, 3.8) is 0 Å². The quantitative estimate of drug-likeness (QED) is 0.691. The Bertz CT molecular complexity index is 641. The van der Waals surface area contributed by atoms with E-state index in [1.165, 1.54) is 35.6 Å². The smallest absolute Gasteiger partial charge is 0.126 e. The standard InChI is InChI=1S/C18H19BrO/c1-20-17-7-6-16(14-4-2-3-5-15(14)17)18(19)13-9-11-8-12(11)10-13/h2-7,11-13,18H,8-10H2,1H3. The van der Waals surface area contributed by atoms with E-state index in [4.69, 9.17) is 4.74 Å². The highest BCUT2D eigenvalue weighted by atomic mass is 79.9. The van der Waals surface area contributed by atoms with E-state index in [9.17, 15) is 0 Å². The molecule has 2 aliphatic carbocycles. The zero-order valence-corrected chi connectivity index (χ0v) is 13.3. The van der Waals surface area contributed by atoms with Gasteiger partial charge in [-0.25, -0.2) is 0 Å². The van der Waals surface area contributed by atoms with Gasteiger partial charge in [-0.15, -0.1) is 0 Å². The molecule has 20 heavy (non-hydrogen) atoms. The molecule has 0 saturated heterocycles. The lowest BCUT2D eigenvalue weighted by Gasteiger charge is -2.21. The van der Waals surface area contributed by atoms with E-state index in [-0.39, 0.29) is 0 Å². The lowest BCUT2D eigenvalue weighted by atomic mass is 9.91. The summed E-state index contributed by atoms with van der Waals surface area (Å²) >= 11 is 3.99. The molecule has 2 aromatic carbocycles. The Balaban J connectivity index is 1.75. The van der Waals surface area contributed by atoms with Crippen LogP contribution in [-0.2, 0) is 0 Å². The summed E-state index contributed by atoms with van der Waals surface area (Å²) in [5.41, 5.74) is 1.42. The Labute approximate surface area is 128 Å². The highest BCUT2D eigenvalue weighted by molar-refractivity contribution is 9.09. The maximum atomic E-state index is 5.50. The lowest BCUT2D eigenvalue weighted by Crippen LogP contribution is -2.06. The van der Waals surface area contributed by atoms with Gasteiger partial charge in [0.05, 0.1) is 7.11 Å². The number of hydrogen-bond donors (Lipinski definition) is 0. The molecular weight excluding hydrogens is 312 g/mol.